The Hall–Kier alpha value is -3.43. The lowest BCUT2D eigenvalue weighted by Gasteiger charge is -2.23. The Morgan fingerprint density at radius 3 is 2.36 bits per heavy atom. The van der Waals surface area contributed by atoms with E-state index < -0.39 is 18.8 Å². The van der Waals surface area contributed by atoms with Crippen LogP contribution in [-0.4, -0.2) is 38.7 Å². The van der Waals surface area contributed by atoms with E-state index in [0.717, 1.165) is 11.1 Å². The smallest absolute Gasteiger partial charge is 0.422 e. The summed E-state index contributed by atoms with van der Waals surface area (Å²) in [6, 6.07) is 8.52. The first-order valence-corrected chi connectivity index (χ1v) is 10.3. The van der Waals surface area contributed by atoms with Crippen LogP contribution in [0.2, 0.25) is 0 Å². The van der Waals surface area contributed by atoms with Gasteiger partial charge in [-0.3, -0.25) is 14.5 Å². The maximum Gasteiger partial charge on any atom is 0.422 e. The quantitative estimate of drug-likeness (QED) is 0.591. The van der Waals surface area contributed by atoms with E-state index in [-0.39, 0.29) is 17.1 Å². The highest BCUT2D eigenvalue weighted by molar-refractivity contribution is 5.75. The normalized spacial score (nSPS) is 13.0. The minimum atomic E-state index is -4.49. The van der Waals surface area contributed by atoms with Gasteiger partial charge in [0, 0.05) is 19.5 Å². The Balaban J connectivity index is 2.09. The molecule has 3 aromatic rings. The van der Waals surface area contributed by atoms with Crippen LogP contribution in [0.25, 0.3) is 11.3 Å². The average molecular weight is 461 g/mol. The van der Waals surface area contributed by atoms with Gasteiger partial charge in [-0.15, -0.1) is 5.10 Å². The van der Waals surface area contributed by atoms with Crippen LogP contribution in [0.15, 0.2) is 42.7 Å². The Bertz CT molecular complexity index is 1120. The molecule has 1 amide bonds. The van der Waals surface area contributed by atoms with Crippen LogP contribution >= 0.6 is 0 Å². The summed E-state index contributed by atoms with van der Waals surface area (Å²) in [7, 11) is 1.67. The molecular formula is C23H26F3N5O2. The van der Waals surface area contributed by atoms with Crippen LogP contribution < -0.4 is 10.1 Å². The second-order valence-corrected chi connectivity index (χ2v) is 8.79. The van der Waals surface area contributed by atoms with Gasteiger partial charge in [-0.2, -0.15) is 13.2 Å². The number of amides is 1. The van der Waals surface area contributed by atoms with E-state index >= 15 is 0 Å². The van der Waals surface area contributed by atoms with E-state index in [1.165, 1.54) is 23.9 Å². The highest BCUT2D eigenvalue weighted by Crippen LogP contribution is 2.33. The summed E-state index contributed by atoms with van der Waals surface area (Å²) in [5.41, 5.74) is 3.03. The zero-order valence-electron chi connectivity index (χ0n) is 19.1. The molecule has 0 aliphatic rings. The molecule has 7 nitrogen and oxygen atoms in total. The molecular weight excluding hydrogens is 435 g/mol. The van der Waals surface area contributed by atoms with E-state index in [4.69, 9.17) is 4.74 Å². The van der Waals surface area contributed by atoms with Gasteiger partial charge in [0.2, 0.25) is 5.91 Å². The number of hydrogen-bond donors (Lipinski definition) is 1. The third-order valence-corrected chi connectivity index (χ3v) is 4.91. The molecule has 0 aliphatic heterocycles. The van der Waals surface area contributed by atoms with Crippen molar-refractivity contribution in [3.05, 3.63) is 59.5 Å². The summed E-state index contributed by atoms with van der Waals surface area (Å²) in [4.78, 5) is 16.4. The summed E-state index contributed by atoms with van der Waals surface area (Å²) < 4.78 is 44.3. The van der Waals surface area contributed by atoms with Crippen molar-refractivity contribution in [2.75, 3.05) is 6.61 Å². The van der Waals surface area contributed by atoms with E-state index in [9.17, 15) is 18.0 Å². The van der Waals surface area contributed by atoms with Crippen LogP contribution in [-0.2, 0) is 17.3 Å². The number of nitrogens with zero attached hydrogens (tertiary/aromatic N) is 4. The van der Waals surface area contributed by atoms with Gasteiger partial charge in [0.15, 0.2) is 6.61 Å². The molecule has 176 valence electrons. The molecule has 0 unspecified atom stereocenters. The number of benzene rings is 1. The number of alkyl halides is 3. The second kappa shape index (κ2) is 9.21. The van der Waals surface area contributed by atoms with Gasteiger partial charge < -0.3 is 10.1 Å². The minimum absolute atomic E-state index is 0.0530. The van der Waals surface area contributed by atoms with Crippen LogP contribution in [0.1, 0.15) is 50.6 Å². The molecule has 0 fully saturated rings. The lowest BCUT2D eigenvalue weighted by Crippen LogP contribution is -2.28. The summed E-state index contributed by atoms with van der Waals surface area (Å²) in [6.45, 7) is 6.23. The zero-order chi connectivity index (χ0) is 24.4. The molecule has 0 saturated carbocycles. The maximum absolute atomic E-state index is 12.6. The molecule has 0 spiro atoms. The first-order valence-electron chi connectivity index (χ1n) is 10.3. The molecule has 0 saturated heterocycles. The fourth-order valence-corrected chi connectivity index (χ4v) is 3.29. The van der Waals surface area contributed by atoms with E-state index in [2.05, 4.69) is 41.4 Å². The number of hydrogen-bond acceptors (Lipinski definition) is 5. The molecule has 1 N–H and O–H groups in total. The van der Waals surface area contributed by atoms with Gasteiger partial charge in [0.1, 0.15) is 11.4 Å². The zero-order valence-corrected chi connectivity index (χ0v) is 19.1. The minimum Gasteiger partial charge on any atom is -0.482 e. The summed E-state index contributed by atoms with van der Waals surface area (Å²) in [5, 5.41) is 10.9. The number of rotatable bonds is 6. The van der Waals surface area contributed by atoms with Gasteiger partial charge >= 0.3 is 6.18 Å². The lowest BCUT2D eigenvalue weighted by molar-refractivity contribution is -0.153. The molecule has 2 heterocycles. The predicted molar refractivity (Wildman–Crippen MR) is 117 cm³/mol. The largest absolute Gasteiger partial charge is 0.482 e. The maximum atomic E-state index is 12.6. The van der Waals surface area contributed by atoms with Crippen molar-refractivity contribution >= 4 is 5.91 Å². The van der Waals surface area contributed by atoms with Gasteiger partial charge in [-0.1, -0.05) is 50.3 Å². The summed E-state index contributed by atoms with van der Waals surface area (Å²) in [5.74, 6) is -0.356. The number of carbonyl (C=O) groups is 1. The molecule has 2 aromatic heterocycles. The molecule has 3 rings (SSSR count). The van der Waals surface area contributed by atoms with Crippen molar-refractivity contribution in [2.24, 2.45) is 7.05 Å². The van der Waals surface area contributed by atoms with Gasteiger partial charge in [-0.25, -0.2) is 0 Å². The summed E-state index contributed by atoms with van der Waals surface area (Å²) >= 11 is 0. The molecule has 10 heteroatoms. The standard InChI is InChI=1S/C23H26F3N5O2/c1-14(32)28-20(15-6-8-16(9-7-15)22(2,3)4)21-18(19-12-31(5)30-29-19)10-17(11-27-21)33-13-23(24,25)26/h6-12,20H,13H2,1-5H3,(H,28,32)/t20-/m0/s1. The van der Waals surface area contributed by atoms with Crippen LogP contribution in [0.5, 0.6) is 5.75 Å². The number of aryl methyl sites for hydroxylation is 1. The van der Waals surface area contributed by atoms with Gasteiger partial charge in [-0.05, 0) is 22.6 Å². The van der Waals surface area contributed by atoms with Crippen LogP contribution in [0.4, 0.5) is 13.2 Å². The first kappa shape index (κ1) is 24.2. The van der Waals surface area contributed by atoms with Crippen molar-refractivity contribution in [3.8, 4) is 17.0 Å². The fraction of sp³-hybridized carbons (Fsp3) is 0.391. The number of nitrogens with one attached hydrogen (secondary N) is 1. The Kier molecular flexibility index (Phi) is 6.76. The second-order valence-electron chi connectivity index (χ2n) is 8.79. The fourth-order valence-electron chi connectivity index (χ4n) is 3.29. The Morgan fingerprint density at radius 2 is 1.85 bits per heavy atom. The van der Waals surface area contributed by atoms with Crippen LogP contribution in [0.3, 0.4) is 0 Å². The van der Waals surface area contributed by atoms with Crippen molar-refractivity contribution < 1.29 is 22.7 Å². The highest BCUT2D eigenvalue weighted by atomic mass is 19.4. The van der Waals surface area contributed by atoms with Crippen molar-refractivity contribution in [1.82, 2.24) is 25.3 Å². The molecule has 0 aliphatic carbocycles. The topological polar surface area (TPSA) is 81.9 Å². The van der Waals surface area contributed by atoms with Crippen molar-refractivity contribution in [3.63, 3.8) is 0 Å². The first-order chi connectivity index (χ1) is 15.3. The van der Waals surface area contributed by atoms with Crippen LogP contribution in [0, 0.1) is 0 Å². The van der Waals surface area contributed by atoms with Gasteiger partial charge in [0.05, 0.1) is 24.1 Å². The average Bonchev–Trinajstić information content (AvgIpc) is 3.15. The highest BCUT2D eigenvalue weighted by Gasteiger charge is 2.29. The number of aromatic nitrogens is 4. The summed E-state index contributed by atoms with van der Waals surface area (Å²) in [6.07, 6.45) is -1.67. The molecule has 1 aromatic carbocycles. The number of pyridine rings is 1. The Morgan fingerprint density at radius 1 is 1.18 bits per heavy atom. The van der Waals surface area contributed by atoms with Crippen molar-refractivity contribution in [1.29, 1.82) is 0 Å². The monoisotopic (exact) mass is 461 g/mol. The number of halogens is 3. The number of ether oxygens (including phenoxy) is 1. The molecule has 0 bridgehead atoms. The number of carbonyl (C=O) groups excluding carboxylic acids is 1. The van der Waals surface area contributed by atoms with E-state index in [1.54, 1.807) is 13.2 Å². The van der Waals surface area contributed by atoms with E-state index in [1.807, 2.05) is 24.3 Å². The molecule has 0 radical (unpaired) electrons. The predicted octanol–water partition coefficient (Wildman–Crippen LogP) is 4.34. The van der Waals surface area contributed by atoms with Gasteiger partial charge in [0.25, 0.3) is 0 Å². The Labute approximate surface area is 190 Å². The lowest BCUT2D eigenvalue weighted by atomic mass is 9.86. The van der Waals surface area contributed by atoms with E-state index in [0.29, 0.717) is 17.0 Å². The molecule has 33 heavy (non-hydrogen) atoms. The van der Waals surface area contributed by atoms with Crippen molar-refractivity contribution in [2.45, 2.75) is 45.3 Å². The third-order valence-electron chi connectivity index (χ3n) is 4.91. The third kappa shape index (κ3) is 6.30. The SMILES string of the molecule is CC(=O)N[C@@H](c1ccc(C(C)(C)C)cc1)c1ncc(OCC(F)(F)F)cc1-c1cn(C)nn1. The molecule has 1 atom stereocenters.